The van der Waals surface area contributed by atoms with Crippen LogP contribution in [-0.2, 0) is 0 Å². The van der Waals surface area contributed by atoms with Crippen LogP contribution >= 0.6 is 0 Å². The van der Waals surface area contributed by atoms with E-state index < -0.39 is 22.2 Å². The van der Waals surface area contributed by atoms with Crippen molar-refractivity contribution in [1.82, 2.24) is 5.32 Å². The predicted octanol–water partition coefficient (Wildman–Crippen LogP) is 2.84. The molecule has 0 amide bonds. The first-order chi connectivity index (χ1) is 10.0. The molecule has 0 aliphatic carbocycles. The fourth-order valence-corrected chi connectivity index (χ4v) is 2.68. The number of hydrogen-bond acceptors (Lipinski definition) is 4. The second-order valence-corrected chi connectivity index (χ2v) is 5.20. The van der Waals surface area contributed by atoms with Gasteiger partial charge in [-0.15, -0.1) is 0 Å². The van der Waals surface area contributed by atoms with Crippen LogP contribution in [0.1, 0.15) is 26.2 Å². The van der Waals surface area contributed by atoms with E-state index in [0.29, 0.717) is 13.1 Å². The SMILES string of the molecule is CCN(CC1CCCCN1)c1c(F)cc([N+](=O)[O-])cc1F. The third-order valence-corrected chi connectivity index (χ3v) is 3.76. The maximum absolute atomic E-state index is 14.1. The Morgan fingerprint density at radius 2 is 2.05 bits per heavy atom. The molecule has 2 rings (SSSR count). The Hall–Kier alpha value is -1.76. The number of nitro groups is 1. The molecule has 1 aliphatic rings. The molecule has 0 spiro atoms. The monoisotopic (exact) mass is 299 g/mol. The zero-order valence-electron chi connectivity index (χ0n) is 11.9. The quantitative estimate of drug-likeness (QED) is 0.671. The molecule has 1 aromatic rings. The molecule has 1 heterocycles. The molecule has 0 bridgehead atoms. The number of non-ortho nitro benzene ring substituents is 1. The van der Waals surface area contributed by atoms with E-state index in [-0.39, 0.29) is 11.7 Å². The molecule has 1 saturated heterocycles. The minimum atomic E-state index is -0.889. The smallest absolute Gasteiger partial charge is 0.275 e. The normalized spacial score (nSPS) is 18.5. The van der Waals surface area contributed by atoms with Crippen LogP contribution in [0.4, 0.5) is 20.2 Å². The topological polar surface area (TPSA) is 58.4 Å². The summed E-state index contributed by atoms with van der Waals surface area (Å²) < 4.78 is 28.1. The van der Waals surface area contributed by atoms with Crippen molar-refractivity contribution in [3.63, 3.8) is 0 Å². The van der Waals surface area contributed by atoms with Crippen molar-refractivity contribution < 1.29 is 13.7 Å². The van der Waals surface area contributed by atoms with Crippen molar-refractivity contribution in [2.24, 2.45) is 0 Å². The van der Waals surface area contributed by atoms with Crippen molar-refractivity contribution in [2.75, 3.05) is 24.5 Å². The number of nitrogens with one attached hydrogen (secondary N) is 1. The van der Waals surface area contributed by atoms with Gasteiger partial charge in [-0.25, -0.2) is 8.78 Å². The molecule has 116 valence electrons. The van der Waals surface area contributed by atoms with Gasteiger partial charge in [0.25, 0.3) is 5.69 Å². The zero-order valence-corrected chi connectivity index (χ0v) is 11.9. The van der Waals surface area contributed by atoms with Gasteiger partial charge in [-0.05, 0) is 26.3 Å². The predicted molar refractivity (Wildman–Crippen MR) is 76.5 cm³/mol. The van der Waals surface area contributed by atoms with E-state index in [1.54, 1.807) is 4.90 Å². The van der Waals surface area contributed by atoms with Gasteiger partial charge in [0, 0.05) is 19.1 Å². The van der Waals surface area contributed by atoms with Gasteiger partial charge >= 0.3 is 0 Å². The number of hydrogen-bond donors (Lipinski definition) is 1. The fraction of sp³-hybridized carbons (Fsp3) is 0.571. The minimum absolute atomic E-state index is 0.185. The number of anilines is 1. The number of benzene rings is 1. The molecule has 0 radical (unpaired) electrons. The number of likely N-dealkylation sites (N-methyl/N-ethyl adjacent to an activating group) is 1. The number of rotatable bonds is 5. The van der Waals surface area contributed by atoms with Crippen molar-refractivity contribution >= 4 is 11.4 Å². The summed E-state index contributed by atoms with van der Waals surface area (Å²) in [5.41, 5.74) is -0.754. The van der Waals surface area contributed by atoms with Crippen LogP contribution in [0, 0.1) is 21.7 Å². The van der Waals surface area contributed by atoms with E-state index >= 15 is 0 Å². The van der Waals surface area contributed by atoms with E-state index in [9.17, 15) is 18.9 Å². The molecule has 0 aromatic heterocycles. The Morgan fingerprint density at radius 1 is 1.38 bits per heavy atom. The van der Waals surface area contributed by atoms with E-state index in [4.69, 9.17) is 0 Å². The summed E-state index contributed by atoms with van der Waals surface area (Å²) in [5, 5.41) is 13.9. The molecule has 1 N–H and O–H groups in total. The highest BCUT2D eigenvalue weighted by Crippen LogP contribution is 2.28. The number of nitrogens with zero attached hydrogens (tertiary/aromatic N) is 2. The van der Waals surface area contributed by atoms with Crippen LogP contribution < -0.4 is 10.2 Å². The van der Waals surface area contributed by atoms with E-state index in [2.05, 4.69) is 5.32 Å². The highest BCUT2D eigenvalue weighted by Gasteiger charge is 2.23. The third-order valence-electron chi connectivity index (χ3n) is 3.76. The second kappa shape index (κ2) is 6.80. The summed E-state index contributed by atoms with van der Waals surface area (Å²) in [5.74, 6) is -1.78. The molecule has 1 aromatic carbocycles. The molecular formula is C14H19F2N3O2. The fourth-order valence-electron chi connectivity index (χ4n) is 2.68. The first-order valence-electron chi connectivity index (χ1n) is 7.14. The van der Waals surface area contributed by atoms with Gasteiger partial charge in [-0.2, -0.15) is 0 Å². The summed E-state index contributed by atoms with van der Waals surface area (Å²) in [6.07, 6.45) is 3.18. The van der Waals surface area contributed by atoms with Gasteiger partial charge in [-0.1, -0.05) is 6.42 Å². The Labute approximate surface area is 122 Å². The van der Waals surface area contributed by atoms with Crippen LogP contribution in [0.15, 0.2) is 12.1 Å². The van der Waals surface area contributed by atoms with E-state index in [1.165, 1.54) is 0 Å². The minimum Gasteiger partial charge on any atom is -0.366 e. The van der Waals surface area contributed by atoms with Gasteiger partial charge < -0.3 is 10.2 Å². The molecule has 21 heavy (non-hydrogen) atoms. The Balaban J connectivity index is 2.22. The van der Waals surface area contributed by atoms with E-state index in [0.717, 1.165) is 37.9 Å². The summed E-state index contributed by atoms with van der Waals surface area (Å²) in [6, 6.07) is 1.73. The Kier molecular flexibility index (Phi) is 5.06. The van der Waals surface area contributed by atoms with Gasteiger partial charge in [0.05, 0.1) is 17.1 Å². The largest absolute Gasteiger partial charge is 0.366 e. The van der Waals surface area contributed by atoms with E-state index in [1.807, 2.05) is 6.92 Å². The number of halogens is 2. The molecule has 1 unspecified atom stereocenters. The zero-order chi connectivity index (χ0) is 15.4. The molecule has 5 nitrogen and oxygen atoms in total. The standard InChI is InChI=1S/C14H19F2N3O2/c1-2-18(9-10-5-3-4-6-17-10)14-12(15)7-11(19(20)21)8-13(14)16/h7-8,10,17H,2-6,9H2,1H3. The Bertz CT molecular complexity index is 496. The lowest BCUT2D eigenvalue weighted by molar-refractivity contribution is -0.385. The van der Waals surface area contributed by atoms with Crippen molar-refractivity contribution in [3.05, 3.63) is 33.9 Å². The highest BCUT2D eigenvalue weighted by atomic mass is 19.1. The lowest BCUT2D eigenvalue weighted by atomic mass is 10.0. The molecule has 1 fully saturated rings. The van der Waals surface area contributed by atoms with Crippen molar-refractivity contribution in [3.8, 4) is 0 Å². The third kappa shape index (κ3) is 3.66. The number of piperidine rings is 1. The first-order valence-corrected chi connectivity index (χ1v) is 7.14. The lowest BCUT2D eigenvalue weighted by Gasteiger charge is -2.31. The van der Waals surface area contributed by atoms with Gasteiger partial charge in [0.2, 0.25) is 0 Å². The summed E-state index contributed by atoms with van der Waals surface area (Å²) in [6.45, 7) is 3.64. The Morgan fingerprint density at radius 3 is 2.52 bits per heavy atom. The van der Waals surface area contributed by atoms with Gasteiger partial charge in [0.1, 0.15) is 5.69 Å². The summed E-state index contributed by atoms with van der Waals surface area (Å²) in [4.78, 5) is 11.4. The first kappa shape index (κ1) is 15.6. The second-order valence-electron chi connectivity index (χ2n) is 5.20. The van der Waals surface area contributed by atoms with Gasteiger partial charge in [0.15, 0.2) is 11.6 Å². The van der Waals surface area contributed by atoms with Crippen LogP contribution in [0.25, 0.3) is 0 Å². The average molecular weight is 299 g/mol. The summed E-state index contributed by atoms with van der Waals surface area (Å²) in [7, 11) is 0. The number of nitro benzene ring substituents is 1. The molecule has 7 heteroatoms. The summed E-state index contributed by atoms with van der Waals surface area (Å²) >= 11 is 0. The van der Waals surface area contributed by atoms with Crippen LogP contribution in [0.3, 0.4) is 0 Å². The molecule has 1 aliphatic heterocycles. The van der Waals surface area contributed by atoms with Crippen molar-refractivity contribution in [2.45, 2.75) is 32.2 Å². The lowest BCUT2D eigenvalue weighted by Crippen LogP contribution is -2.44. The molecule has 1 atom stereocenters. The molecular weight excluding hydrogens is 280 g/mol. The van der Waals surface area contributed by atoms with Gasteiger partial charge in [-0.3, -0.25) is 10.1 Å². The van der Waals surface area contributed by atoms with Crippen LogP contribution in [0.5, 0.6) is 0 Å². The van der Waals surface area contributed by atoms with Crippen molar-refractivity contribution in [1.29, 1.82) is 0 Å². The molecule has 0 saturated carbocycles. The average Bonchev–Trinajstić information content (AvgIpc) is 2.46. The van der Waals surface area contributed by atoms with Crippen LogP contribution in [0.2, 0.25) is 0 Å². The maximum Gasteiger partial charge on any atom is 0.275 e. The highest BCUT2D eigenvalue weighted by molar-refractivity contribution is 5.54. The maximum atomic E-state index is 14.1. The van der Waals surface area contributed by atoms with Crippen LogP contribution in [-0.4, -0.2) is 30.6 Å².